The molecule has 1 N–H and O–H groups in total. The Hall–Kier alpha value is -4.90. The molecular formula is C28H26N10O. The van der Waals surface area contributed by atoms with Crippen molar-refractivity contribution in [3.63, 3.8) is 0 Å². The molecule has 1 fully saturated rings. The summed E-state index contributed by atoms with van der Waals surface area (Å²) in [5.41, 5.74) is 3.32. The summed E-state index contributed by atoms with van der Waals surface area (Å²) in [5.74, 6) is 0.746. The molecule has 194 valence electrons. The van der Waals surface area contributed by atoms with Crippen molar-refractivity contribution < 1.29 is 0 Å². The lowest BCUT2D eigenvalue weighted by molar-refractivity contribution is 0.275. The fourth-order valence-electron chi connectivity index (χ4n) is 5.33. The van der Waals surface area contributed by atoms with Crippen molar-refractivity contribution in [3.05, 3.63) is 83.5 Å². The number of hydrogen-bond donors (Lipinski definition) is 1. The molecule has 0 spiro atoms. The summed E-state index contributed by atoms with van der Waals surface area (Å²) in [7, 11) is 2.16. The highest BCUT2D eigenvalue weighted by atomic mass is 16.1. The summed E-state index contributed by atoms with van der Waals surface area (Å²) in [6.07, 6.45) is 4.80. The third-order valence-electron chi connectivity index (χ3n) is 7.20. The molecule has 11 nitrogen and oxygen atoms in total. The molecule has 39 heavy (non-hydrogen) atoms. The highest BCUT2D eigenvalue weighted by molar-refractivity contribution is 5.95. The van der Waals surface area contributed by atoms with E-state index >= 15 is 0 Å². The predicted molar refractivity (Wildman–Crippen MR) is 151 cm³/mol. The van der Waals surface area contributed by atoms with Gasteiger partial charge in [0.15, 0.2) is 11.3 Å². The van der Waals surface area contributed by atoms with E-state index < -0.39 is 0 Å². The lowest BCUT2D eigenvalue weighted by Gasteiger charge is -2.39. The largest absolute Gasteiger partial charge is 0.366 e. The van der Waals surface area contributed by atoms with Gasteiger partial charge in [0, 0.05) is 61.0 Å². The molecule has 0 unspecified atom stereocenters. The van der Waals surface area contributed by atoms with Crippen molar-refractivity contribution in [1.82, 2.24) is 39.0 Å². The zero-order chi connectivity index (χ0) is 26.5. The first-order valence-electron chi connectivity index (χ1n) is 12.9. The first-order valence-corrected chi connectivity index (χ1v) is 12.9. The number of hydrogen-bond acceptors (Lipinski definition) is 9. The minimum absolute atomic E-state index is 0.296. The van der Waals surface area contributed by atoms with Crippen LogP contribution in [0.4, 0.5) is 17.3 Å². The summed E-state index contributed by atoms with van der Waals surface area (Å²) in [6, 6.07) is 18.1. The Labute approximate surface area is 223 Å². The summed E-state index contributed by atoms with van der Waals surface area (Å²) in [4.78, 5) is 41.0. The number of piperazine rings is 1. The Kier molecular flexibility index (Phi) is 5.44. The molecule has 5 heterocycles. The van der Waals surface area contributed by atoms with Crippen LogP contribution in [0.2, 0.25) is 0 Å². The number of likely N-dealkylation sites (N-methyl/N-ethyl adjacent to an activating group) is 1. The summed E-state index contributed by atoms with van der Waals surface area (Å²) in [5, 5.41) is 4.36. The summed E-state index contributed by atoms with van der Waals surface area (Å²) >= 11 is 0. The number of aromatic nitrogens is 7. The van der Waals surface area contributed by atoms with Gasteiger partial charge >= 0.3 is 0 Å². The van der Waals surface area contributed by atoms with Gasteiger partial charge in [-0.05, 0) is 56.4 Å². The van der Waals surface area contributed by atoms with Gasteiger partial charge in [0.2, 0.25) is 11.9 Å². The van der Waals surface area contributed by atoms with Crippen LogP contribution in [0, 0.1) is 0 Å². The van der Waals surface area contributed by atoms with Gasteiger partial charge < -0.3 is 15.1 Å². The highest BCUT2D eigenvalue weighted by Crippen LogP contribution is 2.25. The normalized spacial score (nSPS) is 16.4. The van der Waals surface area contributed by atoms with E-state index in [1.165, 1.54) is 16.4 Å². The number of anilines is 3. The molecule has 4 aromatic heterocycles. The van der Waals surface area contributed by atoms with Crippen LogP contribution in [0.3, 0.4) is 0 Å². The third-order valence-corrected chi connectivity index (χ3v) is 7.20. The number of nitrogens with zero attached hydrogens (tertiary/aromatic N) is 9. The van der Waals surface area contributed by atoms with Gasteiger partial charge in [0.25, 0.3) is 5.56 Å². The summed E-state index contributed by atoms with van der Waals surface area (Å²) in [6.45, 7) is 5.34. The maximum atomic E-state index is 13.7. The molecule has 1 aliphatic heterocycles. The van der Waals surface area contributed by atoms with Crippen LogP contribution in [-0.4, -0.2) is 71.7 Å². The Bertz CT molecular complexity index is 1880. The van der Waals surface area contributed by atoms with Crippen LogP contribution in [0.1, 0.15) is 6.92 Å². The smallest absolute Gasteiger partial charge is 0.284 e. The van der Waals surface area contributed by atoms with Gasteiger partial charge in [-0.25, -0.2) is 24.6 Å². The van der Waals surface area contributed by atoms with E-state index in [2.05, 4.69) is 61.2 Å². The monoisotopic (exact) mass is 518 g/mol. The minimum Gasteiger partial charge on any atom is -0.366 e. The van der Waals surface area contributed by atoms with E-state index in [1.54, 1.807) is 23.1 Å². The van der Waals surface area contributed by atoms with Crippen molar-refractivity contribution in [1.29, 1.82) is 0 Å². The second-order valence-electron chi connectivity index (χ2n) is 9.84. The van der Waals surface area contributed by atoms with Gasteiger partial charge in [0.1, 0.15) is 5.39 Å². The van der Waals surface area contributed by atoms with Gasteiger partial charge in [-0.1, -0.05) is 12.1 Å². The molecule has 7 rings (SSSR count). The molecule has 11 heteroatoms. The van der Waals surface area contributed by atoms with Crippen molar-refractivity contribution in [3.8, 4) is 5.95 Å². The van der Waals surface area contributed by atoms with Crippen LogP contribution in [0.5, 0.6) is 0 Å². The molecule has 1 aliphatic rings. The van der Waals surface area contributed by atoms with Crippen molar-refractivity contribution in [2.24, 2.45) is 0 Å². The standard InChI is InChI=1S/C28H26N10O/c1-18-17-35(2)14-15-36(18)20-10-8-19(9-11-20)32-27-31-16-22-24(34-27)33-25-21-6-3-4-7-23(21)37(38(25)26(22)39)28-29-12-5-13-30-28/h3-13,16,18H,14-15,17H2,1-2H3,(H,31,32,34)/t18-/m1/s1. The van der Waals surface area contributed by atoms with Gasteiger partial charge in [-0.3, -0.25) is 4.79 Å². The fraction of sp³-hybridized carbons (Fsp3) is 0.214. The maximum absolute atomic E-state index is 13.7. The first-order chi connectivity index (χ1) is 19.1. The molecule has 0 saturated carbocycles. The topological polar surface area (TPSA) is 109 Å². The van der Waals surface area contributed by atoms with Crippen LogP contribution < -0.4 is 15.8 Å². The van der Waals surface area contributed by atoms with Gasteiger partial charge in [-0.15, -0.1) is 0 Å². The molecule has 0 radical (unpaired) electrons. The Morgan fingerprint density at radius 1 is 0.897 bits per heavy atom. The molecule has 0 amide bonds. The Balaban J connectivity index is 1.27. The highest BCUT2D eigenvalue weighted by Gasteiger charge is 2.22. The van der Waals surface area contributed by atoms with Crippen molar-refractivity contribution >= 4 is 44.9 Å². The molecule has 0 aliphatic carbocycles. The first kappa shape index (κ1) is 23.2. The van der Waals surface area contributed by atoms with Crippen LogP contribution in [0.15, 0.2) is 78.0 Å². The third kappa shape index (κ3) is 3.94. The predicted octanol–water partition coefficient (Wildman–Crippen LogP) is 3.26. The van der Waals surface area contributed by atoms with E-state index in [0.717, 1.165) is 36.2 Å². The SMILES string of the molecule is C[C@@H]1CN(C)CCN1c1ccc(Nc2ncc3c(=O)n4c(nc3n2)c2ccccc2n4-c2ncccn2)cc1. The average molecular weight is 519 g/mol. The van der Waals surface area contributed by atoms with E-state index in [-0.39, 0.29) is 5.56 Å². The zero-order valence-corrected chi connectivity index (χ0v) is 21.6. The van der Waals surface area contributed by atoms with Crippen molar-refractivity contribution in [2.45, 2.75) is 13.0 Å². The molecule has 0 bridgehead atoms. The Morgan fingerprint density at radius 3 is 2.49 bits per heavy atom. The van der Waals surface area contributed by atoms with E-state index in [9.17, 15) is 4.79 Å². The molecule has 6 aromatic rings. The number of para-hydroxylation sites is 1. The summed E-state index contributed by atoms with van der Waals surface area (Å²) < 4.78 is 3.16. The van der Waals surface area contributed by atoms with Crippen LogP contribution >= 0.6 is 0 Å². The quantitative estimate of drug-likeness (QED) is 0.376. The van der Waals surface area contributed by atoms with Gasteiger partial charge in [-0.2, -0.15) is 9.50 Å². The van der Waals surface area contributed by atoms with Crippen LogP contribution in [-0.2, 0) is 0 Å². The van der Waals surface area contributed by atoms with E-state index in [1.807, 2.05) is 36.4 Å². The molecule has 1 saturated heterocycles. The molecule has 1 atom stereocenters. The lowest BCUT2D eigenvalue weighted by Crippen LogP contribution is -2.50. The van der Waals surface area contributed by atoms with Crippen molar-refractivity contribution in [2.75, 3.05) is 36.9 Å². The minimum atomic E-state index is -0.296. The maximum Gasteiger partial charge on any atom is 0.284 e. The fourth-order valence-corrected chi connectivity index (χ4v) is 5.33. The van der Waals surface area contributed by atoms with Gasteiger partial charge in [0.05, 0.1) is 5.52 Å². The average Bonchev–Trinajstić information content (AvgIpc) is 3.29. The second kappa shape index (κ2) is 9.14. The lowest BCUT2D eigenvalue weighted by atomic mass is 10.1. The number of nitrogens with one attached hydrogen (secondary N) is 1. The number of benzene rings is 2. The second-order valence-corrected chi connectivity index (χ2v) is 9.84. The zero-order valence-electron chi connectivity index (χ0n) is 21.6. The number of fused-ring (bicyclic) bond motifs is 4. The van der Waals surface area contributed by atoms with Crippen LogP contribution in [0.25, 0.3) is 33.5 Å². The molecule has 2 aromatic carbocycles. The van der Waals surface area contributed by atoms with E-state index in [4.69, 9.17) is 4.98 Å². The number of rotatable bonds is 4. The molecular weight excluding hydrogens is 492 g/mol. The van der Waals surface area contributed by atoms with E-state index in [0.29, 0.717) is 34.6 Å². The Morgan fingerprint density at radius 2 is 1.69 bits per heavy atom.